The van der Waals surface area contributed by atoms with Gasteiger partial charge in [0.1, 0.15) is 0 Å². The number of nitrogens with zero attached hydrogens (tertiary/aromatic N) is 2. The van der Waals surface area contributed by atoms with Crippen molar-refractivity contribution in [2.45, 2.75) is 26.2 Å². The Morgan fingerprint density at radius 1 is 1.00 bits per heavy atom. The molecule has 0 spiro atoms. The molecule has 3 rings (SSSR count). The molecule has 1 fully saturated rings. The summed E-state index contributed by atoms with van der Waals surface area (Å²) in [6.07, 6.45) is 2.53. The van der Waals surface area contributed by atoms with E-state index in [1.165, 1.54) is 5.39 Å². The standard InChI is InChI=1S/C22H29N3O2/c1-2-3-11-23-21(26)17-24-12-14-25(15-13-24)22(27)16-19-9-6-8-18-7-4-5-10-20(18)19/h4-10H,2-3,11-17H2,1H3,(H,23,26). The summed E-state index contributed by atoms with van der Waals surface area (Å²) >= 11 is 0. The van der Waals surface area contributed by atoms with Crippen molar-refractivity contribution in [1.82, 2.24) is 15.1 Å². The lowest BCUT2D eigenvalue weighted by Crippen LogP contribution is -2.51. The number of benzene rings is 2. The van der Waals surface area contributed by atoms with Gasteiger partial charge in [0.2, 0.25) is 11.8 Å². The number of nitrogens with one attached hydrogen (secondary N) is 1. The first kappa shape index (κ1) is 19.4. The van der Waals surface area contributed by atoms with Crippen molar-refractivity contribution >= 4 is 22.6 Å². The fourth-order valence-corrected chi connectivity index (χ4v) is 3.54. The van der Waals surface area contributed by atoms with Crippen LogP contribution in [-0.4, -0.2) is 60.9 Å². The van der Waals surface area contributed by atoms with Crippen LogP contribution in [0.2, 0.25) is 0 Å². The molecule has 0 unspecified atom stereocenters. The Morgan fingerprint density at radius 2 is 1.74 bits per heavy atom. The number of rotatable bonds is 7. The molecule has 1 aliphatic rings. The van der Waals surface area contributed by atoms with Gasteiger partial charge >= 0.3 is 0 Å². The van der Waals surface area contributed by atoms with Gasteiger partial charge in [-0.3, -0.25) is 14.5 Å². The molecule has 0 atom stereocenters. The maximum Gasteiger partial charge on any atom is 0.234 e. The van der Waals surface area contributed by atoms with Gasteiger partial charge in [-0.2, -0.15) is 0 Å². The normalized spacial score (nSPS) is 15.1. The predicted octanol–water partition coefficient (Wildman–Crippen LogP) is 2.44. The van der Waals surface area contributed by atoms with Crippen LogP contribution in [0.1, 0.15) is 25.3 Å². The van der Waals surface area contributed by atoms with E-state index in [9.17, 15) is 9.59 Å². The van der Waals surface area contributed by atoms with E-state index < -0.39 is 0 Å². The van der Waals surface area contributed by atoms with Crippen LogP contribution in [0.25, 0.3) is 10.8 Å². The lowest BCUT2D eigenvalue weighted by Gasteiger charge is -2.34. The van der Waals surface area contributed by atoms with Gasteiger partial charge in [0.05, 0.1) is 13.0 Å². The van der Waals surface area contributed by atoms with E-state index in [1.54, 1.807) is 0 Å². The quantitative estimate of drug-likeness (QED) is 0.765. The summed E-state index contributed by atoms with van der Waals surface area (Å²) < 4.78 is 0. The van der Waals surface area contributed by atoms with E-state index >= 15 is 0 Å². The van der Waals surface area contributed by atoms with Gasteiger partial charge in [0, 0.05) is 32.7 Å². The van der Waals surface area contributed by atoms with Crippen LogP contribution in [0, 0.1) is 0 Å². The van der Waals surface area contributed by atoms with E-state index in [-0.39, 0.29) is 11.8 Å². The fraction of sp³-hybridized carbons (Fsp3) is 0.455. The molecule has 0 aliphatic carbocycles. The predicted molar refractivity (Wildman–Crippen MR) is 109 cm³/mol. The summed E-state index contributed by atoms with van der Waals surface area (Å²) in [6, 6.07) is 14.3. The molecule has 5 nitrogen and oxygen atoms in total. The number of piperazine rings is 1. The maximum atomic E-state index is 12.7. The number of hydrogen-bond acceptors (Lipinski definition) is 3. The summed E-state index contributed by atoms with van der Waals surface area (Å²) in [6.45, 7) is 6.16. The first-order valence-corrected chi connectivity index (χ1v) is 9.91. The highest BCUT2D eigenvalue weighted by atomic mass is 16.2. The SMILES string of the molecule is CCCCNC(=O)CN1CCN(C(=O)Cc2cccc3ccccc23)CC1. The zero-order valence-electron chi connectivity index (χ0n) is 16.1. The molecule has 2 aromatic carbocycles. The molecular formula is C22H29N3O2. The second-order valence-corrected chi connectivity index (χ2v) is 7.18. The Morgan fingerprint density at radius 3 is 2.52 bits per heavy atom. The summed E-state index contributed by atoms with van der Waals surface area (Å²) in [5.41, 5.74) is 1.08. The molecule has 2 aromatic rings. The number of carbonyl (C=O) groups is 2. The minimum absolute atomic E-state index is 0.0824. The summed E-state index contributed by atoms with van der Waals surface area (Å²) in [5.74, 6) is 0.248. The van der Waals surface area contributed by atoms with E-state index in [2.05, 4.69) is 35.3 Å². The summed E-state index contributed by atoms with van der Waals surface area (Å²) in [7, 11) is 0. The highest BCUT2D eigenvalue weighted by Crippen LogP contribution is 2.19. The minimum atomic E-state index is 0.0824. The average molecular weight is 367 g/mol. The van der Waals surface area contributed by atoms with Gasteiger partial charge in [0.25, 0.3) is 0 Å². The number of carbonyl (C=O) groups excluding carboxylic acids is 2. The zero-order valence-corrected chi connectivity index (χ0v) is 16.1. The lowest BCUT2D eigenvalue weighted by molar-refractivity contribution is -0.132. The van der Waals surface area contributed by atoms with Gasteiger partial charge in [-0.25, -0.2) is 0 Å². The number of hydrogen-bond donors (Lipinski definition) is 1. The average Bonchev–Trinajstić information content (AvgIpc) is 2.69. The molecule has 2 amide bonds. The molecule has 1 aliphatic heterocycles. The van der Waals surface area contributed by atoms with Crippen molar-refractivity contribution in [2.75, 3.05) is 39.3 Å². The lowest BCUT2D eigenvalue weighted by atomic mass is 10.0. The Kier molecular flexibility index (Phi) is 6.82. The second kappa shape index (κ2) is 9.51. The number of amides is 2. The van der Waals surface area contributed by atoms with Crippen molar-refractivity contribution in [3.63, 3.8) is 0 Å². The molecule has 1 N–H and O–H groups in total. The number of unbranched alkanes of at least 4 members (excludes halogenated alkanes) is 1. The molecule has 1 saturated heterocycles. The van der Waals surface area contributed by atoms with Crippen molar-refractivity contribution in [1.29, 1.82) is 0 Å². The molecule has 0 aromatic heterocycles. The largest absolute Gasteiger partial charge is 0.355 e. The van der Waals surface area contributed by atoms with Crippen LogP contribution in [-0.2, 0) is 16.0 Å². The molecule has 0 bridgehead atoms. The fourth-order valence-electron chi connectivity index (χ4n) is 3.54. The van der Waals surface area contributed by atoms with Crippen LogP contribution in [0.5, 0.6) is 0 Å². The smallest absolute Gasteiger partial charge is 0.234 e. The summed E-state index contributed by atoms with van der Waals surface area (Å²) in [4.78, 5) is 28.7. The van der Waals surface area contributed by atoms with Gasteiger partial charge in [0.15, 0.2) is 0 Å². The van der Waals surface area contributed by atoms with Crippen molar-refractivity contribution in [3.8, 4) is 0 Å². The van der Waals surface area contributed by atoms with Gasteiger partial charge < -0.3 is 10.2 Å². The highest BCUT2D eigenvalue weighted by molar-refractivity contribution is 5.90. The Labute approximate surface area is 161 Å². The molecule has 27 heavy (non-hydrogen) atoms. The monoisotopic (exact) mass is 367 g/mol. The zero-order chi connectivity index (χ0) is 19.1. The molecule has 0 saturated carbocycles. The Bertz CT molecular complexity index is 777. The Hall–Kier alpha value is -2.40. The highest BCUT2D eigenvalue weighted by Gasteiger charge is 2.22. The van der Waals surface area contributed by atoms with Crippen LogP contribution in [0.15, 0.2) is 42.5 Å². The third-order valence-electron chi connectivity index (χ3n) is 5.17. The van der Waals surface area contributed by atoms with Gasteiger partial charge in [-0.1, -0.05) is 55.8 Å². The summed E-state index contributed by atoms with van der Waals surface area (Å²) in [5, 5.41) is 5.27. The number of fused-ring (bicyclic) bond motifs is 1. The molecule has 144 valence electrons. The minimum Gasteiger partial charge on any atom is -0.355 e. The van der Waals surface area contributed by atoms with Crippen LogP contribution < -0.4 is 5.32 Å². The van der Waals surface area contributed by atoms with E-state index in [4.69, 9.17) is 0 Å². The van der Waals surface area contributed by atoms with Gasteiger partial charge in [-0.05, 0) is 22.8 Å². The third kappa shape index (κ3) is 5.30. The molecule has 0 radical (unpaired) electrons. The van der Waals surface area contributed by atoms with Crippen molar-refractivity contribution in [2.24, 2.45) is 0 Å². The van der Waals surface area contributed by atoms with Crippen LogP contribution in [0.4, 0.5) is 0 Å². The van der Waals surface area contributed by atoms with Crippen molar-refractivity contribution in [3.05, 3.63) is 48.0 Å². The van der Waals surface area contributed by atoms with Crippen LogP contribution in [0.3, 0.4) is 0 Å². The third-order valence-corrected chi connectivity index (χ3v) is 5.17. The first-order chi connectivity index (χ1) is 13.2. The molecule has 1 heterocycles. The van der Waals surface area contributed by atoms with Crippen molar-refractivity contribution < 1.29 is 9.59 Å². The van der Waals surface area contributed by atoms with E-state index in [0.717, 1.165) is 43.4 Å². The first-order valence-electron chi connectivity index (χ1n) is 9.91. The molecule has 5 heteroatoms. The van der Waals surface area contributed by atoms with E-state index in [1.807, 2.05) is 29.2 Å². The van der Waals surface area contributed by atoms with E-state index in [0.29, 0.717) is 26.1 Å². The molecular weight excluding hydrogens is 338 g/mol. The van der Waals surface area contributed by atoms with Crippen LogP contribution >= 0.6 is 0 Å². The second-order valence-electron chi connectivity index (χ2n) is 7.18. The van der Waals surface area contributed by atoms with Gasteiger partial charge in [-0.15, -0.1) is 0 Å². The Balaban J connectivity index is 1.49. The topological polar surface area (TPSA) is 52.7 Å². The maximum absolute atomic E-state index is 12.7.